The Bertz CT molecular complexity index is 500. The summed E-state index contributed by atoms with van der Waals surface area (Å²) in [5, 5.41) is 2.86. The van der Waals surface area contributed by atoms with Crippen LogP contribution in [0.5, 0.6) is 0 Å². The van der Waals surface area contributed by atoms with Crippen molar-refractivity contribution < 1.29 is 9.53 Å². The summed E-state index contributed by atoms with van der Waals surface area (Å²) in [6, 6.07) is 3.92. The van der Waals surface area contributed by atoms with E-state index in [1.54, 1.807) is 0 Å². The number of amides is 1. The average molecular weight is 277 g/mol. The molecule has 1 aromatic carbocycles. The molecule has 0 spiro atoms. The van der Waals surface area contributed by atoms with Gasteiger partial charge in [0.05, 0.1) is 24.1 Å². The van der Waals surface area contributed by atoms with E-state index < -0.39 is 0 Å². The van der Waals surface area contributed by atoms with E-state index in [1.807, 2.05) is 27.0 Å². The van der Waals surface area contributed by atoms with Crippen LogP contribution >= 0.6 is 0 Å². The Morgan fingerprint density at radius 1 is 1.40 bits per heavy atom. The predicted molar refractivity (Wildman–Crippen MR) is 82.2 cm³/mol. The zero-order valence-corrected chi connectivity index (χ0v) is 12.4. The Morgan fingerprint density at radius 2 is 2.15 bits per heavy atom. The van der Waals surface area contributed by atoms with Crippen LogP contribution in [0.2, 0.25) is 0 Å². The highest BCUT2D eigenvalue weighted by molar-refractivity contribution is 5.95. The molecular weight excluding hydrogens is 254 g/mol. The Hall–Kier alpha value is -1.75. The van der Waals surface area contributed by atoms with Crippen LogP contribution in [0.4, 0.5) is 17.1 Å². The van der Waals surface area contributed by atoms with E-state index in [2.05, 4.69) is 16.3 Å². The van der Waals surface area contributed by atoms with E-state index in [-0.39, 0.29) is 12.0 Å². The molecule has 1 aliphatic rings. The van der Waals surface area contributed by atoms with Gasteiger partial charge in [-0.3, -0.25) is 4.79 Å². The highest BCUT2D eigenvalue weighted by atomic mass is 16.5. The number of nitrogen functional groups attached to an aromatic ring is 1. The molecule has 0 unspecified atom stereocenters. The van der Waals surface area contributed by atoms with Crippen molar-refractivity contribution >= 4 is 23.0 Å². The molecule has 0 saturated heterocycles. The van der Waals surface area contributed by atoms with Gasteiger partial charge >= 0.3 is 0 Å². The summed E-state index contributed by atoms with van der Waals surface area (Å²) >= 11 is 0. The Kier molecular flexibility index (Phi) is 4.49. The van der Waals surface area contributed by atoms with Gasteiger partial charge in [0, 0.05) is 25.7 Å². The molecule has 1 aliphatic heterocycles. The summed E-state index contributed by atoms with van der Waals surface area (Å²) in [6.45, 7) is 5.50. The number of rotatable bonds is 5. The summed E-state index contributed by atoms with van der Waals surface area (Å²) in [6.07, 6.45) is 1.54. The lowest BCUT2D eigenvalue weighted by atomic mass is 10.0. The van der Waals surface area contributed by atoms with Crippen LogP contribution in [-0.4, -0.2) is 32.2 Å². The standard InChI is InChI=1S/C15H23N3O2/c1-10(2)20-7-6-18(3)14-8-11-4-5-15(19)17-13(11)9-12(14)16/h8-10H,4-7,16H2,1-3H3,(H,17,19). The number of anilines is 3. The molecule has 0 aromatic heterocycles. The Morgan fingerprint density at radius 3 is 2.85 bits per heavy atom. The molecule has 0 saturated carbocycles. The number of carbonyl (C=O) groups is 1. The van der Waals surface area contributed by atoms with E-state index in [9.17, 15) is 4.79 Å². The van der Waals surface area contributed by atoms with Crippen LogP contribution < -0.4 is 16.0 Å². The van der Waals surface area contributed by atoms with Gasteiger partial charge in [-0.1, -0.05) is 0 Å². The monoisotopic (exact) mass is 277 g/mol. The van der Waals surface area contributed by atoms with Crippen molar-refractivity contribution in [2.24, 2.45) is 0 Å². The van der Waals surface area contributed by atoms with Crippen molar-refractivity contribution in [3.05, 3.63) is 17.7 Å². The molecule has 1 aromatic rings. The van der Waals surface area contributed by atoms with Gasteiger partial charge in [-0.15, -0.1) is 0 Å². The second-order valence-corrected chi connectivity index (χ2v) is 5.46. The van der Waals surface area contributed by atoms with Crippen LogP contribution in [0.15, 0.2) is 12.1 Å². The fourth-order valence-corrected chi connectivity index (χ4v) is 2.31. The van der Waals surface area contributed by atoms with E-state index in [1.165, 1.54) is 0 Å². The first kappa shape index (κ1) is 14.7. The summed E-state index contributed by atoms with van der Waals surface area (Å²) in [5.74, 6) is 0.0586. The maximum Gasteiger partial charge on any atom is 0.224 e. The van der Waals surface area contributed by atoms with Crippen molar-refractivity contribution in [1.82, 2.24) is 0 Å². The van der Waals surface area contributed by atoms with Crippen molar-refractivity contribution in [3.8, 4) is 0 Å². The number of nitrogens with one attached hydrogen (secondary N) is 1. The highest BCUT2D eigenvalue weighted by Gasteiger charge is 2.17. The molecule has 20 heavy (non-hydrogen) atoms. The van der Waals surface area contributed by atoms with Gasteiger partial charge in [0.1, 0.15) is 0 Å². The van der Waals surface area contributed by atoms with E-state index in [0.29, 0.717) is 18.7 Å². The number of hydrogen-bond donors (Lipinski definition) is 2. The number of nitrogens with zero attached hydrogens (tertiary/aromatic N) is 1. The fourth-order valence-electron chi connectivity index (χ4n) is 2.31. The largest absolute Gasteiger partial charge is 0.397 e. The topological polar surface area (TPSA) is 67.6 Å². The molecule has 110 valence electrons. The van der Waals surface area contributed by atoms with Gasteiger partial charge in [0.15, 0.2) is 0 Å². The molecule has 0 fully saturated rings. The first-order chi connectivity index (χ1) is 9.47. The third-order valence-corrected chi connectivity index (χ3v) is 3.44. The van der Waals surface area contributed by atoms with E-state index >= 15 is 0 Å². The molecular formula is C15H23N3O2. The molecule has 5 nitrogen and oxygen atoms in total. The molecule has 2 rings (SSSR count). The SMILES string of the molecule is CC(C)OCCN(C)c1cc2c(cc1N)NC(=O)CC2. The summed E-state index contributed by atoms with van der Waals surface area (Å²) in [7, 11) is 2.00. The minimum atomic E-state index is 0.0586. The number of benzene rings is 1. The van der Waals surface area contributed by atoms with Crippen LogP contribution in [0.25, 0.3) is 0 Å². The average Bonchev–Trinajstić information content (AvgIpc) is 2.37. The van der Waals surface area contributed by atoms with Crippen LogP contribution in [0.3, 0.4) is 0 Å². The van der Waals surface area contributed by atoms with Gasteiger partial charge < -0.3 is 20.7 Å². The zero-order valence-electron chi connectivity index (χ0n) is 12.4. The van der Waals surface area contributed by atoms with Crippen LogP contribution in [0.1, 0.15) is 25.8 Å². The summed E-state index contributed by atoms with van der Waals surface area (Å²) < 4.78 is 5.56. The second-order valence-electron chi connectivity index (χ2n) is 5.46. The normalized spacial score (nSPS) is 14.1. The van der Waals surface area contributed by atoms with E-state index in [0.717, 1.165) is 29.9 Å². The van der Waals surface area contributed by atoms with Crippen LogP contribution in [0, 0.1) is 0 Å². The second kappa shape index (κ2) is 6.13. The Balaban J connectivity index is 2.10. The first-order valence-electron chi connectivity index (χ1n) is 7.02. The van der Waals surface area contributed by atoms with Crippen LogP contribution in [-0.2, 0) is 16.0 Å². The lowest BCUT2D eigenvalue weighted by Gasteiger charge is -2.25. The number of hydrogen-bond acceptors (Lipinski definition) is 4. The third-order valence-electron chi connectivity index (χ3n) is 3.44. The maximum absolute atomic E-state index is 11.4. The molecule has 0 atom stereocenters. The molecule has 1 heterocycles. The van der Waals surface area contributed by atoms with Crippen molar-refractivity contribution in [2.45, 2.75) is 32.8 Å². The minimum absolute atomic E-state index is 0.0586. The lowest BCUT2D eigenvalue weighted by Crippen LogP contribution is -2.26. The number of aryl methyl sites for hydroxylation is 1. The molecule has 1 amide bonds. The Labute approximate surface area is 120 Å². The third kappa shape index (κ3) is 3.42. The minimum Gasteiger partial charge on any atom is -0.397 e. The van der Waals surface area contributed by atoms with Gasteiger partial charge in [0.2, 0.25) is 5.91 Å². The summed E-state index contributed by atoms with van der Waals surface area (Å²) in [4.78, 5) is 13.5. The number of fused-ring (bicyclic) bond motifs is 1. The van der Waals surface area contributed by atoms with Crippen molar-refractivity contribution in [2.75, 3.05) is 36.1 Å². The lowest BCUT2D eigenvalue weighted by molar-refractivity contribution is -0.116. The molecule has 3 N–H and O–H groups in total. The van der Waals surface area contributed by atoms with Crippen molar-refractivity contribution in [1.29, 1.82) is 0 Å². The fraction of sp³-hybridized carbons (Fsp3) is 0.533. The highest BCUT2D eigenvalue weighted by Crippen LogP contribution is 2.32. The number of carbonyl (C=O) groups excluding carboxylic acids is 1. The predicted octanol–water partition coefficient (Wildman–Crippen LogP) is 2.01. The zero-order chi connectivity index (χ0) is 14.7. The quantitative estimate of drug-likeness (QED) is 0.808. The van der Waals surface area contributed by atoms with E-state index in [4.69, 9.17) is 10.5 Å². The molecule has 0 radical (unpaired) electrons. The van der Waals surface area contributed by atoms with Gasteiger partial charge in [0.25, 0.3) is 0 Å². The molecule has 0 aliphatic carbocycles. The number of nitrogens with two attached hydrogens (primary N) is 1. The molecule has 5 heteroatoms. The maximum atomic E-state index is 11.4. The van der Waals surface area contributed by atoms with Gasteiger partial charge in [-0.2, -0.15) is 0 Å². The number of likely N-dealkylation sites (N-methyl/N-ethyl adjacent to an activating group) is 1. The van der Waals surface area contributed by atoms with Gasteiger partial charge in [-0.25, -0.2) is 0 Å². The van der Waals surface area contributed by atoms with Crippen molar-refractivity contribution in [3.63, 3.8) is 0 Å². The first-order valence-corrected chi connectivity index (χ1v) is 7.02. The smallest absolute Gasteiger partial charge is 0.224 e. The summed E-state index contributed by atoms with van der Waals surface area (Å²) in [5.41, 5.74) is 9.75. The molecule has 0 bridgehead atoms. The van der Waals surface area contributed by atoms with Gasteiger partial charge in [-0.05, 0) is 38.0 Å². The number of ether oxygens (including phenoxy) is 1.